The topological polar surface area (TPSA) is 83.8 Å². The first-order chi connectivity index (χ1) is 9.54. The third-order valence-corrected chi connectivity index (χ3v) is 3.79. The maximum atomic E-state index is 11.1. The maximum Gasteiger partial charge on any atom is 0.303 e. The average molecular weight is 284 g/mol. The molecule has 1 rings (SSSR count). The first-order valence-electron chi connectivity index (χ1n) is 7.19. The highest BCUT2D eigenvalue weighted by Crippen LogP contribution is 2.36. The van der Waals surface area contributed by atoms with Crippen LogP contribution >= 0.6 is 0 Å². The van der Waals surface area contributed by atoms with Crippen molar-refractivity contribution in [1.29, 1.82) is 0 Å². The Morgan fingerprint density at radius 3 is 2.65 bits per heavy atom. The molecule has 1 fully saturated rings. The quantitative estimate of drug-likeness (QED) is 0.405. The highest BCUT2D eigenvalue weighted by molar-refractivity contribution is 5.66. The number of aliphatic carboxylic acids is 1. The number of carboxylic acid groups (broad SMARTS) is 1. The molecule has 0 heterocycles. The third kappa shape index (κ3) is 5.74. The molecule has 5 nitrogen and oxygen atoms in total. The lowest BCUT2D eigenvalue weighted by atomic mass is 9.92. The van der Waals surface area contributed by atoms with Gasteiger partial charge in [-0.1, -0.05) is 12.2 Å². The molecule has 5 heteroatoms. The number of hydrogen-bond acceptors (Lipinski definition) is 4. The Labute approximate surface area is 119 Å². The second kappa shape index (κ2) is 8.74. The number of esters is 1. The fraction of sp³-hybridized carbons (Fsp3) is 0.733. The lowest BCUT2D eigenvalue weighted by Gasteiger charge is -2.22. The van der Waals surface area contributed by atoms with Gasteiger partial charge in [-0.15, -0.1) is 0 Å². The standard InChI is InChI=1S/C15H24O5/c1-11(17)20-14-9-8-12(10-16)13(14)6-4-2-3-5-7-15(18)19/h2,4,12-14,16H,3,5-10H2,1H3,(H,18,19)/b4-2-. The minimum absolute atomic E-state index is 0.103. The van der Waals surface area contributed by atoms with Crippen molar-refractivity contribution in [3.63, 3.8) is 0 Å². The van der Waals surface area contributed by atoms with E-state index < -0.39 is 5.97 Å². The fourth-order valence-electron chi connectivity index (χ4n) is 2.78. The van der Waals surface area contributed by atoms with Crippen molar-refractivity contribution in [3.05, 3.63) is 12.2 Å². The SMILES string of the molecule is CC(=O)OC1CCC(CO)C1C/C=C\CCCC(=O)O. The van der Waals surface area contributed by atoms with Gasteiger partial charge in [0.05, 0.1) is 0 Å². The van der Waals surface area contributed by atoms with Crippen LogP contribution in [0.1, 0.15) is 45.4 Å². The Balaban J connectivity index is 2.38. The number of carboxylic acids is 1. The van der Waals surface area contributed by atoms with Gasteiger partial charge in [-0.2, -0.15) is 0 Å². The highest BCUT2D eigenvalue weighted by Gasteiger charge is 2.36. The Morgan fingerprint density at radius 1 is 1.30 bits per heavy atom. The fourth-order valence-corrected chi connectivity index (χ4v) is 2.78. The number of allylic oxidation sites excluding steroid dienone is 2. The van der Waals surface area contributed by atoms with Crippen molar-refractivity contribution >= 4 is 11.9 Å². The van der Waals surface area contributed by atoms with Crippen molar-refractivity contribution in [2.45, 2.75) is 51.6 Å². The number of rotatable bonds is 8. The molecule has 0 amide bonds. The summed E-state index contributed by atoms with van der Waals surface area (Å²) in [5.74, 6) is -0.698. The molecule has 0 aliphatic heterocycles. The molecular formula is C15H24O5. The van der Waals surface area contributed by atoms with Crippen molar-refractivity contribution in [3.8, 4) is 0 Å². The molecule has 114 valence electrons. The van der Waals surface area contributed by atoms with E-state index in [4.69, 9.17) is 9.84 Å². The molecule has 0 aromatic carbocycles. The van der Waals surface area contributed by atoms with Crippen LogP contribution in [0.2, 0.25) is 0 Å². The summed E-state index contributed by atoms with van der Waals surface area (Å²) < 4.78 is 5.30. The van der Waals surface area contributed by atoms with E-state index in [2.05, 4.69) is 0 Å². The van der Waals surface area contributed by atoms with Crippen LogP contribution in [0.15, 0.2) is 12.2 Å². The minimum Gasteiger partial charge on any atom is -0.481 e. The number of carbonyl (C=O) groups is 2. The van der Waals surface area contributed by atoms with Crippen LogP contribution in [0.3, 0.4) is 0 Å². The first-order valence-corrected chi connectivity index (χ1v) is 7.19. The summed E-state index contributed by atoms with van der Waals surface area (Å²) in [7, 11) is 0. The molecule has 0 saturated heterocycles. The third-order valence-electron chi connectivity index (χ3n) is 3.79. The zero-order chi connectivity index (χ0) is 15.0. The van der Waals surface area contributed by atoms with Crippen LogP contribution in [-0.4, -0.2) is 34.9 Å². The van der Waals surface area contributed by atoms with E-state index in [0.717, 1.165) is 25.7 Å². The monoisotopic (exact) mass is 284 g/mol. The first kappa shape index (κ1) is 16.7. The largest absolute Gasteiger partial charge is 0.481 e. The average Bonchev–Trinajstić information content (AvgIpc) is 2.74. The Kier molecular flexibility index (Phi) is 7.30. The molecule has 0 bridgehead atoms. The van der Waals surface area contributed by atoms with Gasteiger partial charge < -0.3 is 14.9 Å². The summed E-state index contributed by atoms with van der Waals surface area (Å²) in [5.41, 5.74) is 0. The molecule has 1 aliphatic carbocycles. The Bertz CT molecular complexity index is 350. The van der Waals surface area contributed by atoms with Gasteiger partial charge in [0.15, 0.2) is 0 Å². The smallest absolute Gasteiger partial charge is 0.303 e. The minimum atomic E-state index is -0.774. The van der Waals surface area contributed by atoms with Gasteiger partial charge in [0, 0.05) is 25.9 Å². The number of carbonyl (C=O) groups excluding carboxylic acids is 1. The summed E-state index contributed by atoms with van der Waals surface area (Å²) in [6.07, 6.45) is 7.88. The summed E-state index contributed by atoms with van der Waals surface area (Å²) in [4.78, 5) is 21.4. The number of aliphatic hydroxyl groups excluding tert-OH is 1. The molecule has 3 unspecified atom stereocenters. The summed E-state index contributed by atoms with van der Waals surface area (Å²) >= 11 is 0. The van der Waals surface area contributed by atoms with Crippen LogP contribution in [0.25, 0.3) is 0 Å². The van der Waals surface area contributed by atoms with Gasteiger partial charge in [-0.25, -0.2) is 0 Å². The van der Waals surface area contributed by atoms with Crippen LogP contribution in [0.5, 0.6) is 0 Å². The molecule has 1 aliphatic rings. The van der Waals surface area contributed by atoms with E-state index in [1.807, 2.05) is 12.2 Å². The van der Waals surface area contributed by atoms with Crippen LogP contribution in [-0.2, 0) is 14.3 Å². The number of unbranched alkanes of at least 4 members (excludes halogenated alkanes) is 1. The molecule has 0 spiro atoms. The van der Waals surface area contributed by atoms with Crippen LogP contribution in [0.4, 0.5) is 0 Å². The Hall–Kier alpha value is -1.36. The number of aliphatic hydroxyl groups is 1. The van der Waals surface area contributed by atoms with E-state index in [1.165, 1.54) is 6.92 Å². The maximum absolute atomic E-state index is 11.1. The van der Waals surface area contributed by atoms with E-state index in [9.17, 15) is 14.7 Å². The van der Waals surface area contributed by atoms with E-state index in [1.54, 1.807) is 0 Å². The number of ether oxygens (including phenoxy) is 1. The van der Waals surface area contributed by atoms with Crippen molar-refractivity contribution < 1.29 is 24.5 Å². The zero-order valence-electron chi connectivity index (χ0n) is 12.0. The summed E-state index contributed by atoms with van der Waals surface area (Å²) in [6.45, 7) is 1.53. The second-order valence-corrected chi connectivity index (χ2v) is 5.32. The van der Waals surface area contributed by atoms with Gasteiger partial charge in [-0.3, -0.25) is 9.59 Å². The van der Waals surface area contributed by atoms with Crippen molar-refractivity contribution in [1.82, 2.24) is 0 Å². The molecule has 2 N–H and O–H groups in total. The molecule has 3 atom stereocenters. The molecular weight excluding hydrogens is 260 g/mol. The van der Waals surface area contributed by atoms with Gasteiger partial charge in [0.2, 0.25) is 0 Å². The van der Waals surface area contributed by atoms with Gasteiger partial charge >= 0.3 is 11.9 Å². The highest BCUT2D eigenvalue weighted by atomic mass is 16.5. The lowest BCUT2D eigenvalue weighted by molar-refractivity contribution is -0.148. The lowest BCUT2D eigenvalue weighted by Crippen LogP contribution is -2.25. The zero-order valence-corrected chi connectivity index (χ0v) is 12.0. The van der Waals surface area contributed by atoms with Crippen molar-refractivity contribution in [2.24, 2.45) is 11.8 Å². The molecule has 20 heavy (non-hydrogen) atoms. The van der Waals surface area contributed by atoms with Crippen molar-refractivity contribution in [2.75, 3.05) is 6.61 Å². The van der Waals surface area contributed by atoms with E-state index in [-0.39, 0.29) is 36.9 Å². The molecule has 0 aromatic heterocycles. The molecule has 1 saturated carbocycles. The summed E-state index contributed by atoms with van der Waals surface area (Å²) in [6, 6.07) is 0. The Morgan fingerprint density at radius 2 is 2.05 bits per heavy atom. The predicted molar refractivity (Wildman–Crippen MR) is 74.1 cm³/mol. The predicted octanol–water partition coefficient (Wildman–Crippen LogP) is 2.14. The van der Waals surface area contributed by atoms with Gasteiger partial charge in [-0.05, 0) is 38.0 Å². The molecule has 0 aromatic rings. The van der Waals surface area contributed by atoms with Crippen LogP contribution in [0, 0.1) is 11.8 Å². The van der Waals surface area contributed by atoms with Gasteiger partial charge in [0.25, 0.3) is 0 Å². The molecule has 0 radical (unpaired) electrons. The van der Waals surface area contributed by atoms with Gasteiger partial charge in [0.1, 0.15) is 6.10 Å². The van der Waals surface area contributed by atoms with E-state index in [0.29, 0.717) is 6.42 Å². The summed E-state index contributed by atoms with van der Waals surface area (Å²) in [5, 5.41) is 17.9. The van der Waals surface area contributed by atoms with Crippen LogP contribution < -0.4 is 0 Å². The second-order valence-electron chi connectivity index (χ2n) is 5.32. The van der Waals surface area contributed by atoms with E-state index >= 15 is 0 Å². The normalized spacial score (nSPS) is 26.0. The number of hydrogen-bond donors (Lipinski definition) is 2.